The van der Waals surface area contributed by atoms with E-state index in [1.807, 2.05) is 0 Å². The number of likely N-dealkylation sites (tertiary alicyclic amines) is 1. The molecule has 1 atom stereocenters. The molecule has 1 amide bonds. The van der Waals surface area contributed by atoms with Gasteiger partial charge >= 0.3 is 0 Å². The first kappa shape index (κ1) is 12.5. The maximum Gasteiger partial charge on any atom is 0.291 e. The molecule has 102 valence electrons. The fraction of sp³-hybridized carbons (Fsp3) is 0.308. The van der Waals surface area contributed by atoms with Crippen molar-refractivity contribution in [1.82, 2.24) is 24.8 Å². The summed E-state index contributed by atoms with van der Waals surface area (Å²) in [4.78, 5) is 29.8. The van der Waals surface area contributed by atoms with Crippen LogP contribution in [0.3, 0.4) is 0 Å². The minimum absolute atomic E-state index is 0.0700. The second kappa shape index (κ2) is 5.60. The van der Waals surface area contributed by atoms with E-state index in [0.717, 1.165) is 6.42 Å². The summed E-state index contributed by atoms with van der Waals surface area (Å²) in [5.41, 5.74) is 0. The van der Waals surface area contributed by atoms with Crippen molar-refractivity contribution < 1.29 is 9.53 Å². The topological polar surface area (TPSA) is 81.1 Å². The van der Waals surface area contributed by atoms with E-state index in [0.29, 0.717) is 19.0 Å². The van der Waals surface area contributed by atoms with Crippen LogP contribution in [0, 0.1) is 0 Å². The molecule has 0 N–H and O–H groups in total. The third kappa shape index (κ3) is 2.71. The largest absolute Gasteiger partial charge is 0.471 e. The van der Waals surface area contributed by atoms with Crippen molar-refractivity contribution in [3.63, 3.8) is 0 Å². The number of carbonyl (C=O) groups is 1. The van der Waals surface area contributed by atoms with E-state index in [1.165, 1.54) is 0 Å². The molecule has 7 nitrogen and oxygen atoms in total. The average molecular weight is 271 g/mol. The fourth-order valence-corrected chi connectivity index (χ4v) is 2.08. The van der Waals surface area contributed by atoms with E-state index in [4.69, 9.17) is 4.74 Å². The molecular formula is C13H13N5O2. The molecule has 0 aliphatic carbocycles. The second-order valence-electron chi connectivity index (χ2n) is 4.40. The molecule has 7 heteroatoms. The van der Waals surface area contributed by atoms with Crippen LogP contribution in [0.1, 0.15) is 17.0 Å². The van der Waals surface area contributed by atoms with Gasteiger partial charge in [-0.15, -0.1) is 0 Å². The van der Waals surface area contributed by atoms with Crippen molar-refractivity contribution in [3.05, 3.63) is 42.9 Å². The van der Waals surface area contributed by atoms with Crippen LogP contribution in [0.2, 0.25) is 0 Å². The van der Waals surface area contributed by atoms with Crippen molar-refractivity contribution in [3.8, 4) is 5.88 Å². The van der Waals surface area contributed by atoms with Crippen LogP contribution in [0.15, 0.2) is 37.1 Å². The van der Waals surface area contributed by atoms with Gasteiger partial charge in [-0.25, -0.2) is 15.0 Å². The van der Waals surface area contributed by atoms with Gasteiger partial charge in [-0.1, -0.05) is 0 Å². The molecule has 0 bridgehead atoms. The minimum atomic E-state index is -0.171. The number of nitrogens with zero attached hydrogens (tertiary/aromatic N) is 5. The fourth-order valence-electron chi connectivity index (χ4n) is 2.08. The summed E-state index contributed by atoms with van der Waals surface area (Å²) in [7, 11) is 0. The highest BCUT2D eigenvalue weighted by Crippen LogP contribution is 2.16. The molecular weight excluding hydrogens is 258 g/mol. The minimum Gasteiger partial charge on any atom is -0.471 e. The molecule has 0 aromatic carbocycles. The molecule has 1 unspecified atom stereocenters. The van der Waals surface area contributed by atoms with E-state index < -0.39 is 0 Å². The third-order valence-electron chi connectivity index (χ3n) is 3.02. The summed E-state index contributed by atoms with van der Waals surface area (Å²) in [6, 6.07) is 1.68. The van der Waals surface area contributed by atoms with Crippen LogP contribution in [0.4, 0.5) is 0 Å². The standard InChI is InChI=1S/C13H13N5O2/c19-13(12-16-3-1-4-17-12)18-7-2-10(9-18)20-11-8-14-5-6-15-11/h1,3-6,8,10H,2,7,9H2. The highest BCUT2D eigenvalue weighted by molar-refractivity contribution is 5.90. The third-order valence-corrected chi connectivity index (χ3v) is 3.02. The van der Waals surface area contributed by atoms with Crippen LogP contribution in [0.5, 0.6) is 5.88 Å². The van der Waals surface area contributed by atoms with Crippen molar-refractivity contribution >= 4 is 5.91 Å². The van der Waals surface area contributed by atoms with E-state index in [-0.39, 0.29) is 17.8 Å². The average Bonchev–Trinajstić information content (AvgIpc) is 2.97. The van der Waals surface area contributed by atoms with Crippen molar-refractivity contribution in [2.75, 3.05) is 13.1 Å². The Balaban J connectivity index is 1.61. The number of ether oxygens (including phenoxy) is 1. The van der Waals surface area contributed by atoms with Gasteiger partial charge in [-0.05, 0) is 6.07 Å². The lowest BCUT2D eigenvalue weighted by Crippen LogP contribution is -2.32. The van der Waals surface area contributed by atoms with Gasteiger partial charge in [0.2, 0.25) is 11.7 Å². The lowest BCUT2D eigenvalue weighted by atomic mass is 10.3. The number of amides is 1. The summed E-state index contributed by atoms with van der Waals surface area (Å²) in [5.74, 6) is 0.520. The Morgan fingerprint density at radius 2 is 2.05 bits per heavy atom. The predicted octanol–water partition coefficient (Wildman–Crippen LogP) is 0.560. The molecule has 1 aliphatic rings. The van der Waals surface area contributed by atoms with Crippen LogP contribution in [-0.2, 0) is 0 Å². The molecule has 0 spiro atoms. The first-order valence-corrected chi connectivity index (χ1v) is 6.32. The lowest BCUT2D eigenvalue weighted by molar-refractivity contribution is 0.0759. The number of aromatic nitrogens is 4. The molecule has 1 aliphatic heterocycles. The first-order valence-electron chi connectivity index (χ1n) is 6.32. The van der Waals surface area contributed by atoms with Crippen LogP contribution in [0.25, 0.3) is 0 Å². The number of rotatable bonds is 3. The molecule has 0 radical (unpaired) electrons. The first-order chi connectivity index (χ1) is 9.83. The normalized spacial score (nSPS) is 18.0. The lowest BCUT2D eigenvalue weighted by Gasteiger charge is -2.15. The number of hydrogen-bond donors (Lipinski definition) is 0. The Hall–Kier alpha value is -2.57. The SMILES string of the molecule is O=C(c1ncccn1)N1CCC(Oc2cnccn2)C1. The van der Waals surface area contributed by atoms with E-state index in [2.05, 4.69) is 19.9 Å². The zero-order chi connectivity index (χ0) is 13.8. The number of carbonyl (C=O) groups excluding carboxylic acids is 1. The van der Waals surface area contributed by atoms with Crippen molar-refractivity contribution in [2.45, 2.75) is 12.5 Å². The molecule has 3 heterocycles. The molecule has 1 fully saturated rings. The maximum atomic E-state index is 12.2. The van der Waals surface area contributed by atoms with Gasteiger partial charge < -0.3 is 9.64 Å². The quantitative estimate of drug-likeness (QED) is 0.811. The van der Waals surface area contributed by atoms with Gasteiger partial charge in [-0.2, -0.15) is 0 Å². The highest BCUT2D eigenvalue weighted by Gasteiger charge is 2.29. The Morgan fingerprint density at radius 1 is 1.20 bits per heavy atom. The van der Waals surface area contributed by atoms with Gasteiger partial charge in [0.05, 0.1) is 12.7 Å². The summed E-state index contributed by atoms with van der Waals surface area (Å²) >= 11 is 0. The Kier molecular flexibility index (Phi) is 3.49. The zero-order valence-corrected chi connectivity index (χ0v) is 10.7. The van der Waals surface area contributed by atoms with Crippen molar-refractivity contribution in [2.24, 2.45) is 0 Å². The van der Waals surface area contributed by atoms with E-state index in [1.54, 1.807) is 42.0 Å². The van der Waals surface area contributed by atoms with Crippen molar-refractivity contribution in [1.29, 1.82) is 0 Å². The summed E-state index contributed by atoms with van der Waals surface area (Å²) in [5, 5.41) is 0. The van der Waals surface area contributed by atoms with Crippen LogP contribution < -0.4 is 4.74 Å². The predicted molar refractivity (Wildman–Crippen MR) is 69.0 cm³/mol. The molecule has 2 aromatic rings. The molecule has 1 saturated heterocycles. The maximum absolute atomic E-state index is 12.2. The summed E-state index contributed by atoms with van der Waals surface area (Å²) in [6.07, 6.45) is 8.53. The monoisotopic (exact) mass is 271 g/mol. The van der Waals surface area contributed by atoms with Gasteiger partial charge in [-0.3, -0.25) is 9.78 Å². The second-order valence-corrected chi connectivity index (χ2v) is 4.40. The van der Waals surface area contributed by atoms with Gasteiger partial charge in [0.15, 0.2) is 0 Å². The van der Waals surface area contributed by atoms with Crippen LogP contribution >= 0.6 is 0 Å². The zero-order valence-electron chi connectivity index (χ0n) is 10.7. The van der Waals surface area contributed by atoms with E-state index >= 15 is 0 Å². The Labute approximate surface area is 115 Å². The highest BCUT2D eigenvalue weighted by atomic mass is 16.5. The van der Waals surface area contributed by atoms with Gasteiger partial charge in [0.25, 0.3) is 5.91 Å². The summed E-state index contributed by atoms with van der Waals surface area (Å²) < 4.78 is 5.68. The Morgan fingerprint density at radius 3 is 2.80 bits per heavy atom. The van der Waals surface area contributed by atoms with Gasteiger partial charge in [0.1, 0.15) is 6.10 Å². The molecule has 20 heavy (non-hydrogen) atoms. The van der Waals surface area contributed by atoms with Gasteiger partial charge in [0, 0.05) is 37.8 Å². The summed E-state index contributed by atoms with van der Waals surface area (Å²) in [6.45, 7) is 1.13. The van der Waals surface area contributed by atoms with E-state index in [9.17, 15) is 4.79 Å². The molecule has 2 aromatic heterocycles. The Bertz CT molecular complexity index is 578. The molecule has 3 rings (SSSR count). The number of hydrogen-bond acceptors (Lipinski definition) is 6. The smallest absolute Gasteiger partial charge is 0.291 e. The molecule has 0 saturated carbocycles. The van der Waals surface area contributed by atoms with Crippen LogP contribution in [-0.4, -0.2) is 49.9 Å².